The minimum absolute atomic E-state index is 0.167. The summed E-state index contributed by atoms with van der Waals surface area (Å²) in [6, 6.07) is 0. The van der Waals surface area contributed by atoms with Gasteiger partial charge in [-0.25, -0.2) is 0 Å². The van der Waals surface area contributed by atoms with Crippen molar-refractivity contribution in [1.82, 2.24) is 4.90 Å². The molecule has 0 aromatic carbocycles. The molecule has 4 nitrogen and oxygen atoms in total. The monoisotopic (exact) mass is 173 g/mol. The third-order valence-corrected chi connectivity index (χ3v) is 2.51. The van der Waals surface area contributed by atoms with Crippen LogP contribution in [-0.4, -0.2) is 48.8 Å². The quantitative estimate of drug-likeness (QED) is 0.661. The molecule has 1 fully saturated rings. The van der Waals surface area contributed by atoms with E-state index in [2.05, 4.69) is 0 Å². The Kier molecular flexibility index (Phi) is 2.69. The largest absolute Gasteiger partial charge is 0.481 e. The summed E-state index contributed by atoms with van der Waals surface area (Å²) in [6.45, 7) is 1.21. The van der Waals surface area contributed by atoms with Crippen molar-refractivity contribution in [3.63, 3.8) is 0 Å². The second-order valence-electron chi connectivity index (χ2n) is 3.49. The Morgan fingerprint density at radius 3 is 2.67 bits per heavy atom. The normalized spacial score (nSPS) is 29.6. The van der Waals surface area contributed by atoms with Gasteiger partial charge in [0, 0.05) is 6.61 Å². The van der Waals surface area contributed by atoms with Crippen LogP contribution >= 0.6 is 0 Å². The predicted octanol–water partition coefficient (Wildman–Crippen LogP) is 0.182. The first-order valence-corrected chi connectivity index (χ1v) is 4.04. The van der Waals surface area contributed by atoms with Crippen molar-refractivity contribution in [3.05, 3.63) is 0 Å². The molecule has 12 heavy (non-hydrogen) atoms. The molecule has 0 aliphatic carbocycles. The van der Waals surface area contributed by atoms with Gasteiger partial charge in [-0.3, -0.25) is 4.79 Å². The highest BCUT2D eigenvalue weighted by atomic mass is 16.5. The summed E-state index contributed by atoms with van der Waals surface area (Å²) < 4.78 is 5.22. The van der Waals surface area contributed by atoms with Crippen molar-refractivity contribution < 1.29 is 14.6 Å². The van der Waals surface area contributed by atoms with E-state index < -0.39 is 5.97 Å². The van der Waals surface area contributed by atoms with Crippen molar-refractivity contribution in [3.8, 4) is 0 Å². The van der Waals surface area contributed by atoms with Crippen molar-refractivity contribution in [1.29, 1.82) is 0 Å². The highest BCUT2D eigenvalue weighted by Crippen LogP contribution is 2.27. The number of aliphatic carboxylic acids is 1. The topological polar surface area (TPSA) is 49.8 Å². The molecule has 1 saturated heterocycles. The summed E-state index contributed by atoms with van der Waals surface area (Å²) in [5.74, 6) is -0.755. The number of carbonyl (C=O) groups is 1. The van der Waals surface area contributed by atoms with E-state index in [1.54, 1.807) is 0 Å². The van der Waals surface area contributed by atoms with Crippen molar-refractivity contribution in [2.75, 3.05) is 27.3 Å². The Hall–Kier alpha value is -0.610. The average molecular weight is 173 g/mol. The van der Waals surface area contributed by atoms with E-state index in [-0.39, 0.29) is 12.0 Å². The summed E-state index contributed by atoms with van der Waals surface area (Å²) in [5, 5.41) is 8.71. The van der Waals surface area contributed by atoms with Gasteiger partial charge in [-0.05, 0) is 20.5 Å². The Balaban J connectivity index is 2.65. The van der Waals surface area contributed by atoms with Crippen molar-refractivity contribution in [2.24, 2.45) is 0 Å². The summed E-state index contributed by atoms with van der Waals surface area (Å²) in [6.07, 6.45) is 0.978. The Bertz CT molecular complexity index is 173. The molecule has 0 spiro atoms. The standard InChI is InChI=1S/C8H15NO3/c1-9(2)8(5-7(10)11)3-4-12-6-8/h3-6H2,1-2H3,(H,10,11). The van der Waals surface area contributed by atoms with Crippen LogP contribution in [0.3, 0.4) is 0 Å². The van der Waals surface area contributed by atoms with Gasteiger partial charge in [0.15, 0.2) is 0 Å². The van der Waals surface area contributed by atoms with Gasteiger partial charge in [-0.2, -0.15) is 0 Å². The zero-order valence-corrected chi connectivity index (χ0v) is 7.54. The van der Waals surface area contributed by atoms with Gasteiger partial charge in [-0.1, -0.05) is 0 Å². The summed E-state index contributed by atoms with van der Waals surface area (Å²) >= 11 is 0. The summed E-state index contributed by atoms with van der Waals surface area (Å²) in [5.41, 5.74) is -0.272. The van der Waals surface area contributed by atoms with Gasteiger partial charge in [0.05, 0.1) is 18.6 Å². The molecule has 1 heterocycles. The van der Waals surface area contributed by atoms with E-state index in [4.69, 9.17) is 9.84 Å². The number of hydrogen-bond acceptors (Lipinski definition) is 3. The second-order valence-corrected chi connectivity index (χ2v) is 3.49. The first kappa shape index (κ1) is 9.48. The first-order chi connectivity index (χ1) is 5.57. The fourth-order valence-electron chi connectivity index (χ4n) is 1.53. The minimum Gasteiger partial charge on any atom is -0.481 e. The van der Waals surface area contributed by atoms with E-state index >= 15 is 0 Å². The molecule has 0 radical (unpaired) electrons. The number of carboxylic acid groups (broad SMARTS) is 1. The lowest BCUT2D eigenvalue weighted by molar-refractivity contribution is -0.140. The molecule has 70 valence electrons. The van der Waals surface area contributed by atoms with E-state index in [9.17, 15) is 4.79 Å². The fourth-order valence-corrected chi connectivity index (χ4v) is 1.53. The van der Waals surface area contributed by atoms with Gasteiger partial charge in [-0.15, -0.1) is 0 Å². The van der Waals surface area contributed by atoms with Crippen LogP contribution in [0.4, 0.5) is 0 Å². The number of carboxylic acids is 1. The zero-order valence-electron chi connectivity index (χ0n) is 7.54. The zero-order chi connectivity index (χ0) is 9.19. The van der Waals surface area contributed by atoms with Gasteiger partial charge in [0.1, 0.15) is 0 Å². The number of rotatable bonds is 3. The molecular formula is C8H15NO3. The van der Waals surface area contributed by atoms with Gasteiger partial charge in [0.2, 0.25) is 0 Å². The molecule has 1 aliphatic rings. The molecule has 4 heteroatoms. The maximum Gasteiger partial charge on any atom is 0.305 e. The molecule has 1 rings (SSSR count). The summed E-state index contributed by atoms with van der Waals surface area (Å²) in [7, 11) is 3.80. The highest BCUT2D eigenvalue weighted by molar-refractivity contribution is 5.68. The van der Waals surface area contributed by atoms with Crippen LogP contribution in [0, 0.1) is 0 Å². The number of nitrogens with zero attached hydrogens (tertiary/aromatic N) is 1. The number of ether oxygens (including phenoxy) is 1. The first-order valence-electron chi connectivity index (χ1n) is 4.04. The highest BCUT2D eigenvalue weighted by Gasteiger charge is 2.38. The maximum absolute atomic E-state index is 10.6. The molecular weight excluding hydrogens is 158 g/mol. The molecule has 0 amide bonds. The average Bonchev–Trinajstić information content (AvgIpc) is 2.35. The summed E-state index contributed by atoms with van der Waals surface area (Å²) in [4.78, 5) is 12.5. The molecule has 0 aromatic heterocycles. The van der Waals surface area contributed by atoms with Gasteiger partial charge < -0.3 is 14.7 Å². The fraction of sp³-hybridized carbons (Fsp3) is 0.875. The smallest absolute Gasteiger partial charge is 0.305 e. The van der Waals surface area contributed by atoms with Crippen LogP contribution in [0.5, 0.6) is 0 Å². The van der Waals surface area contributed by atoms with Crippen LogP contribution in [0.25, 0.3) is 0 Å². The molecule has 0 saturated carbocycles. The van der Waals surface area contributed by atoms with E-state index in [0.29, 0.717) is 13.2 Å². The van der Waals surface area contributed by atoms with E-state index in [0.717, 1.165) is 6.42 Å². The lowest BCUT2D eigenvalue weighted by Crippen LogP contribution is -2.46. The molecule has 1 unspecified atom stereocenters. The van der Waals surface area contributed by atoms with Crippen LogP contribution in [0.1, 0.15) is 12.8 Å². The minimum atomic E-state index is -0.755. The van der Waals surface area contributed by atoms with Crippen LogP contribution in [-0.2, 0) is 9.53 Å². The molecule has 1 N–H and O–H groups in total. The van der Waals surface area contributed by atoms with Gasteiger partial charge >= 0.3 is 5.97 Å². The molecule has 1 atom stereocenters. The van der Waals surface area contributed by atoms with Crippen molar-refractivity contribution in [2.45, 2.75) is 18.4 Å². The SMILES string of the molecule is CN(C)C1(CC(=O)O)CCOC1. The van der Waals surface area contributed by atoms with Crippen LogP contribution < -0.4 is 0 Å². The molecule has 0 aromatic rings. The van der Waals surface area contributed by atoms with Gasteiger partial charge in [0.25, 0.3) is 0 Å². The predicted molar refractivity (Wildman–Crippen MR) is 44.1 cm³/mol. The van der Waals surface area contributed by atoms with Crippen LogP contribution in [0.2, 0.25) is 0 Å². The second kappa shape index (κ2) is 3.41. The molecule has 1 aliphatic heterocycles. The number of hydrogen-bond donors (Lipinski definition) is 1. The van der Waals surface area contributed by atoms with E-state index in [1.165, 1.54) is 0 Å². The Labute approximate surface area is 72.1 Å². The third kappa shape index (κ3) is 1.76. The van der Waals surface area contributed by atoms with Crippen LogP contribution in [0.15, 0.2) is 0 Å². The Morgan fingerprint density at radius 2 is 2.33 bits per heavy atom. The maximum atomic E-state index is 10.6. The Morgan fingerprint density at radius 1 is 1.67 bits per heavy atom. The lowest BCUT2D eigenvalue weighted by atomic mass is 9.93. The van der Waals surface area contributed by atoms with E-state index in [1.807, 2.05) is 19.0 Å². The molecule has 0 bridgehead atoms. The lowest BCUT2D eigenvalue weighted by Gasteiger charge is -2.33. The third-order valence-electron chi connectivity index (χ3n) is 2.51. The number of likely N-dealkylation sites (N-methyl/N-ethyl adjacent to an activating group) is 1. The van der Waals surface area contributed by atoms with Crippen molar-refractivity contribution >= 4 is 5.97 Å².